The lowest BCUT2D eigenvalue weighted by molar-refractivity contribution is -0.384. The van der Waals surface area contributed by atoms with Crippen molar-refractivity contribution < 1.29 is 14.1 Å². The Morgan fingerprint density at radius 1 is 1.11 bits per heavy atom. The van der Waals surface area contributed by atoms with Crippen molar-refractivity contribution in [1.82, 2.24) is 0 Å². The third-order valence-corrected chi connectivity index (χ3v) is 5.72. The molecule has 1 heterocycles. The van der Waals surface area contributed by atoms with Gasteiger partial charge in [0.15, 0.2) is 0 Å². The molecule has 0 saturated heterocycles. The number of nitrogens with zero attached hydrogens (tertiary/aromatic N) is 2. The minimum atomic E-state index is -0.451. The third-order valence-electron chi connectivity index (χ3n) is 5.72. The van der Waals surface area contributed by atoms with Crippen molar-refractivity contribution in [3.63, 3.8) is 0 Å². The largest absolute Gasteiger partial charge is 0.483 e. The van der Waals surface area contributed by atoms with Gasteiger partial charge in [0.2, 0.25) is 5.96 Å². The number of aryl methyl sites for hydroxylation is 1. The highest BCUT2D eigenvalue weighted by atomic mass is 19.1. The van der Waals surface area contributed by atoms with Gasteiger partial charge in [-0.2, -0.15) is 0 Å². The van der Waals surface area contributed by atoms with Gasteiger partial charge in [0, 0.05) is 29.1 Å². The van der Waals surface area contributed by atoms with E-state index in [2.05, 4.69) is 41.6 Å². The summed E-state index contributed by atoms with van der Waals surface area (Å²) in [5.74, 6) is 0.853. The summed E-state index contributed by atoms with van der Waals surface area (Å²) < 4.78 is 19.7. The maximum absolute atomic E-state index is 13.4. The van der Waals surface area contributed by atoms with Gasteiger partial charge in [-0.25, -0.2) is 9.38 Å². The number of anilines is 2. The molecule has 0 aliphatic carbocycles. The molecule has 0 amide bonds. The van der Waals surface area contributed by atoms with Crippen LogP contribution < -0.4 is 15.4 Å². The average molecular weight is 475 g/mol. The Bertz CT molecular complexity index is 1290. The first-order valence-corrected chi connectivity index (χ1v) is 11.4. The van der Waals surface area contributed by atoms with Crippen molar-refractivity contribution in [1.29, 1.82) is 0 Å². The molecule has 0 aromatic heterocycles. The van der Waals surface area contributed by atoms with Crippen LogP contribution >= 0.6 is 0 Å². The van der Waals surface area contributed by atoms with Crippen LogP contribution in [0.2, 0.25) is 0 Å². The molecule has 1 aliphatic rings. The summed E-state index contributed by atoms with van der Waals surface area (Å²) in [7, 11) is 0. The monoisotopic (exact) mass is 474 g/mol. The topological polar surface area (TPSA) is 88.8 Å². The van der Waals surface area contributed by atoms with E-state index in [4.69, 9.17) is 4.74 Å². The fourth-order valence-corrected chi connectivity index (χ4v) is 3.90. The number of benzene rings is 3. The van der Waals surface area contributed by atoms with Gasteiger partial charge in [0.05, 0.1) is 10.6 Å². The van der Waals surface area contributed by atoms with Gasteiger partial charge in [-0.05, 0) is 80.4 Å². The Labute approximate surface area is 203 Å². The summed E-state index contributed by atoms with van der Waals surface area (Å²) in [4.78, 5) is 15.1. The summed E-state index contributed by atoms with van der Waals surface area (Å²) in [6.07, 6.45) is 6.10. The van der Waals surface area contributed by atoms with Crippen molar-refractivity contribution in [3.05, 3.63) is 93.8 Å². The number of hydrogen-bond donors (Lipinski definition) is 2. The van der Waals surface area contributed by atoms with Gasteiger partial charge in [-0.15, -0.1) is 0 Å². The molecule has 3 aromatic rings. The highest BCUT2D eigenvalue weighted by Gasteiger charge is 2.27. The van der Waals surface area contributed by atoms with Crippen molar-refractivity contribution in [2.45, 2.75) is 39.2 Å². The van der Waals surface area contributed by atoms with Crippen molar-refractivity contribution >= 4 is 34.8 Å². The van der Waals surface area contributed by atoms with Crippen LogP contribution in [0.25, 0.3) is 6.08 Å². The van der Waals surface area contributed by atoms with Gasteiger partial charge < -0.3 is 15.4 Å². The van der Waals surface area contributed by atoms with Gasteiger partial charge in [0.25, 0.3) is 5.69 Å². The predicted molar refractivity (Wildman–Crippen MR) is 138 cm³/mol. The molecular formula is C27H27FN4O3. The molecule has 0 bridgehead atoms. The van der Waals surface area contributed by atoms with Crippen molar-refractivity contribution in [3.8, 4) is 5.75 Å². The lowest BCUT2D eigenvalue weighted by Crippen LogP contribution is -2.31. The number of nitro benzene ring substituents is 1. The lowest BCUT2D eigenvalue weighted by Gasteiger charge is -2.32. The first-order chi connectivity index (χ1) is 16.7. The van der Waals surface area contributed by atoms with E-state index in [0.29, 0.717) is 17.3 Å². The number of halogens is 1. The van der Waals surface area contributed by atoms with Gasteiger partial charge in [-0.1, -0.05) is 19.4 Å². The zero-order valence-electron chi connectivity index (χ0n) is 19.8. The Kier molecular flexibility index (Phi) is 6.82. The molecule has 4 rings (SSSR count). The highest BCUT2D eigenvalue weighted by molar-refractivity contribution is 6.05. The molecule has 0 radical (unpaired) electrons. The van der Waals surface area contributed by atoms with E-state index < -0.39 is 4.92 Å². The van der Waals surface area contributed by atoms with Crippen LogP contribution in [-0.4, -0.2) is 16.5 Å². The van der Waals surface area contributed by atoms with E-state index >= 15 is 0 Å². The Hall–Kier alpha value is -4.20. The second-order valence-corrected chi connectivity index (χ2v) is 8.69. The number of nitrogens with one attached hydrogen (secondary N) is 2. The molecule has 3 aromatic carbocycles. The number of guanidine groups is 1. The van der Waals surface area contributed by atoms with Crippen LogP contribution in [0.5, 0.6) is 5.75 Å². The molecule has 8 heteroatoms. The van der Waals surface area contributed by atoms with Crippen LogP contribution in [0.15, 0.2) is 71.7 Å². The van der Waals surface area contributed by atoms with Crippen LogP contribution in [0.1, 0.15) is 37.8 Å². The Balaban J connectivity index is 1.64. The summed E-state index contributed by atoms with van der Waals surface area (Å²) in [6, 6.07) is 15.8. The smallest absolute Gasteiger partial charge is 0.269 e. The zero-order chi connectivity index (χ0) is 25.0. The second-order valence-electron chi connectivity index (χ2n) is 8.69. The lowest BCUT2D eigenvalue weighted by atomic mass is 9.95. The highest BCUT2D eigenvalue weighted by Crippen LogP contribution is 2.36. The van der Waals surface area contributed by atoms with E-state index in [0.717, 1.165) is 35.4 Å². The van der Waals surface area contributed by atoms with Crippen molar-refractivity contribution in [2.75, 3.05) is 10.6 Å². The maximum atomic E-state index is 13.4. The molecular weight excluding hydrogens is 447 g/mol. The summed E-state index contributed by atoms with van der Waals surface area (Å²) in [5.41, 5.74) is 3.53. The quantitative estimate of drug-likeness (QED) is 0.170. The van der Waals surface area contributed by atoms with E-state index in [9.17, 15) is 14.5 Å². The normalized spacial score (nSPS) is 16.9. The van der Waals surface area contributed by atoms with Crippen LogP contribution in [-0.2, 0) is 0 Å². The number of nitro groups is 1. The number of ether oxygens (including phenoxy) is 1. The minimum Gasteiger partial charge on any atom is -0.483 e. The first kappa shape index (κ1) is 23.9. The average Bonchev–Trinajstić information content (AvgIpc) is 2.81. The molecule has 0 spiro atoms. The molecule has 7 nitrogen and oxygen atoms in total. The number of non-ortho nitro benzene ring substituents is 1. The van der Waals surface area contributed by atoms with Gasteiger partial charge in [-0.3, -0.25) is 10.1 Å². The molecule has 180 valence electrons. The van der Waals surface area contributed by atoms with Crippen LogP contribution in [0, 0.1) is 22.9 Å². The van der Waals surface area contributed by atoms with E-state index in [1.807, 2.05) is 19.1 Å². The van der Waals surface area contributed by atoms with E-state index in [-0.39, 0.29) is 17.1 Å². The number of aliphatic imine (C=N–C) groups is 1. The van der Waals surface area contributed by atoms with E-state index in [1.165, 1.54) is 24.3 Å². The van der Waals surface area contributed by atoms with Gasteiger partial charge in [0.1, 0.15) is 17.2 Å². The molecule has 35 heavy (non-hydrogen) atoms. The fraction of sp³-hybridized carbons (Fsp3) is 0.222. The summed E-state index contributed by atoms with van der Waals surface area (Å²) in [6.45, 7) is 6.19. The fourth-order valence-electron chi connectivity index (χ4n) is 3.90. The maximum Gasteiger partial charge on any atom is 0.269 e. The van der Waals surface area contributed by atoms with Crippen LogP contribution in [0.3, 0.4) is 0 Å². The van der Waals surface area contributed by atoms with Crippen LogP contribution in [0.4, 0.5) is 27.1 Å². The number of fused-ring (bicyclic) bond motifs is 1. The third kappa shape index (κ3) is 5.84. The molecule has 1 unspecified atom stereocenters. The zero-order valence-corrected chi connectivity index (χ0v) is 19.8. The van der Waals surface area contributed by atoms with E-state index in [1.54, 1.807) is 24.3 Å². The summed E-state index contributed by atoms with van der Waals surface area (Å²) in [5, 5.41) is 17.5. The summed E-state index contributed by atoms with van der Waals surface area (Å²) >= 11 is 0. The molecule has 0 saturated carbocycles. The Morgan fingerprint density at radius 2 is 1.83 bits per heavy atom. The standard InChI is InChI=1S/C27H27FN4O3/c1-4-14-27(3)15-13-19-17-24(18(2)16-25(19)35-27)31-26(29-21-7-5-20(28)6-8-21)30-22-9-11-23(12-10-22)32(33)34/h5-13,15-17H,4,14H2,1-3H3,(H2,29,30,31). The first-order valence-electron chi connectivity index (χ1n) is 11.4. The SMILES string of the molecule is CCCC1(C)C=Cc2cc(NC(=Nc3ccc(F)cc3)Nc3ccc([N+](=O)[O-])cc3)c(C)cc2O1. The van der Waals surface area contributed by atoms with Crippen molar-refractivity contribution in [2.24, 2.45) is 4.99 Å². The Morgan fingerprint density at radius 3 is 2.49 bits per heavy atom. The second kappa shape index (κ2) is 9.97. The number of rotatable bonds is 6. The molecule has 1 atom stereocenters. The minimum absolute atomic E-state index is 0.00655. The predicted octanol–water partition coefficient (Wildman–Crippen LogP) is 7.22. The molecule has 1 aliphatic heterocycles. The molecule has 0 fully saturated rings. The number of hydrogen-bond acceptors (Lipinski definition) is 4. The molecule has 2 N–H and O–H groups in total. The van der Waals surface area contributed by atoms with Gasteiger partial charge >= 0.3 is 0 Å².